The van der Waals surface area contributed by atoms with E-state index in [-0.39, 0.29) is 12.0 Å². The number of benzene rings is 2. The molecule has 2 aromatic carbocycles. The van der Waals surface area contributed by atoms with E-state index in [0.717, 1.165) is 32.5 Å². The molecule has 2 amide bonds. The zero-order valence-electron chi connectivity index (χ0n) is 22.8. The highest BCUT2D eigenvalue weighted by Gasteiger charge is 2.36. The van der Waals surface area contributed by atoms with Crippen LogP contribution in [0.1, 0.15) is 22.7 Å². The smallest absolute Gasteiger partial charge is 0.320 e. The van der Waals surface area contributed by atoms with E-state index in [1.54, 1.807) is 21.6 Å². The number of halogens is 3. The maximum absolute atomic E-state index is 14.2. The Hall–Kier alpha value is -3.94. The van der Waals surface area contributed by atoms with E-state index in [0.29, 0.717) is 36.7 Å². The first kappa shape index (κ1) is 28.2. The van der Waals surface area contributed by atoms with Gasteiger partial charge in [0.05, 0.1) is 23.6 Å². The summed E-state index contributed by atoms with van der Waals surface area (Å²) in [5.74, 6) is -1.57. The highest BCUT2D eigenvalue weighted by Crippen LogP contribution is 2.32. The predicted octanol–water partition coefficient (Wildman–Crippen LogP) is 5.87. The summed E-state index contributed by atoms with van der Waals surface area (Å²) >= 11 is 4.90. The first-order valence-corrected chi connectivity index (χ1v) is 14.9. The molecule has 0 saturated carbocycles. The fraction of sp³-hybridized carbons (Fsp3) is 0.241. The molecule has 1 fully saturated rings. The van der Waals surface area contributed by atoms with Gasteiger partial charge in [-0.1, -0.05) is 24.3 Å². The van der Waals surface area contributed by atoms with Crippen molar-refractivity contribution in [3.8, 4) is 16.9 Å². The van der Waals surface area contributed by atoms with Gasteiger partial charge in [0.15, 0.2) is 15.6 Å². The van der Waals surface area contributed by atoms with Gasteiger partial charge in [0.25, 0.3) is 0 Å². The van der Waals surface area contributed by atoms with Gasteiger partial charge < -0.3 is 5.32 Å². The average Bonchev–Trinajstić information content (AvgIpc) is 3.75. The third-order valence-corrected chi connectivity index (χ3v) is 8.74. The zero-order chi connectivity index (χ0) is 29.4. The lowest BCUT2D eigenvalue weighted by atomic mass is 9.94. The van der Waals surface area contributed by atoms with Crippen LogP contribution in [0, 0.1) is 18.6 Å². The summed E-state index contributed by atoms with van der Waals surface area (Å²) in [5.41, 5.74) is 4.60. The van der Waals surface area contributed by atoms with Crippen LogP contribution in [0.3, 0.4) is 0 Å². The summed E-state index contributed by atoms with van der Waals surface area (Å²) in [6.07, 6.45) is 3.60. The van der Waals surface area contributed by atoms with Crippen molar-refractivity contribution in [2.75, 3.05) is 18.4 Å². The molecule has 9 nitrogen and oxygen atoms in total. The van der Waals surface area contributed by atoms with Gasteiger partial charge in [-0.25, -0.2) is 23.2 Å². The van der Waals surface area contributed by atoms with Crippen molar-refractivity contribution in [2.24, 2.45) is 7.05 Å². The van der Waals surface area contributed by atoms with Crippen molar-refractivity contribution in [1.82, 2.24) is 34.8 Å². The fourth-order valence-corrected chi connectivity index (χ4v) is 6.39. The Morgan fingerprint density at radius 1 is 1.14 bits per heavy atom. The lowest BCUT2D eigenvalue weighted by Gasteiger charge is -2.21. The Morgan fingerprint density at radius 2 is 1.95 bits per heavy atom. The molecule has 1 aliphatic rings. The number of anilines is 1. The van der Waals surface area contributed by atoms with E-state index in [1.165, 1.54) is 17.4 Å². The third-order valence-electron chi connectivity index (χ3n) is 7.33. The van der Waals surface area contributed by atoms with Gasteiger partial charge >= 0.3 is 6.03 Å². The molecule has 0 aliphatic carbocycles. The largest absolute Gasteiger partial charge is 0.333 e. The highest BCUT2D eigenvalue weighted by atomic mass is 79.9. The standard InChI is InChI=1S/C29H27BrF2N8OS/c1-17-26(19-11-33-38(2)12-19)37-40(21-6-4-3-5-7-21)27(17)36-29(41)35-25-15-39(13-20-16-42-28(30)34-20)14-22(25)18-8-9-23(31)24(32)10-18/h3-12,16,22,25H,13-15H2,1-2H3,(H2,35,36,41). The summed E-state index contributed by atoms with van der Waals surface area (Å²) in [4.78, 5) is 20.2. The molecule has 0 bridgehead atoms. The van der Waals surface area contributed by atoms with Gasteiger partial charge in [-0.05, 0) is 52.7 Å². The molecule has 4 heterocycles. The van der Waals surface area contributed by atoms with Crippen molar-refractivity contribution in [1.29, 1.82) is 0 Å². The summed E-state index contributed by atoms with van der Waals surface area (Å²) in [6, 6.07) is 12.7. The molecular weight excluding hydrogens is 626 g/mol. The summed E-state index contributed by atoms with van der Waals surface area (Å²) in [6.45, 7) is 3.51. The molecule has 0 radical (unpaired) electrons. The van der Waals surface area contributed by atoms with Gasteiger partial charge in [-0.3, -0.25) is 14.9 Å². The summed E-state index contributed by atoms with van der Waals surface area (Å²) in [7, 11) is 1.83. The number of para-hydroxylation sites is 1. The van der Waals surface area contributed by atoms with Gasteiger partial charge in [-0.15, -0.1) is 11.3 Å². The van der Waals surface area contributed by atoms with Crippen LogP contribution in [-0.2, 0) is 13.6 Å². The minimum atomic E-state index is -0.914. The number of nitrogens with zero attached hydrogens (tertiary/aromatic N) is 6. The lowest BCUT2D eigenvalue weighted by Crippen LogP contribution is -2.42. The number of urea groups is 1. The minimum Gasteiger partial charge on any atom is -0.333 e. The molecule has 3 aromatic heterocycles. The maximum Gasteiger partial charge on any atom is 0.320 e. The number of aryl methyl sites for hydroxylation is 1. The molecule has 1 saturated heterocycles. The second kappa shape index (κ2) is 11.7. The molecule has 42 heavy (non-hydrogen) atoms. The predicted molar refractivity (Wildman–Crippen MR) is 161 cm³/mol. The van der Waals surface area contributed by atoms with Crippen molar-refractivity contribution in [2.45, 2.75) is 25.4 Å². The zero-order valence-corrected chi connectivity index (χ0v) is 25.2. The lowest BCUT2D eigenvalue weighted by molar-refractivity contribution is 0.246. The van der Waals surface area contributed by atoms with Crippen LogP contribution >= 0.6 is 27.3 Å². The monoisotopic (exact) mass is 652 g/mol. The van der Waals surface area contributed by atoms with Crippen molar-refractivity contribution < 1.29 is 13.6 Å². The Labute approximate surface area is 253 Å². The molecule has 6 rings (SSSR count). The first-order chi connectivity index (χ1) is 20.2. The number of nitrogens with one attached hydrogen (secondary N) is 2. The highest BCUT2D eigenvalue weighted by molar-refractivity contribution is 9.11. The van der Waals surface area contributed by atoms with E-state index in [1.807, 2.05) is 55.9 Å². The Morgan fingerprint density at radius 3 is 2.64 bits per heavy atom. The van der Waals surface area contributed by atoms with Gasteiger partial charge in [0.2, 0.25) is 0 Å². The number of amides is 2. The van der Waals surface area contributed by atoms with E-state index in [4.69, 9.17) is 5.10 Å². The van der Waals surface area contributed by atoms with Gasteiger partial charge in [0, 0.05) is 55.3 Å². The summed E-state index contributed by atoms with van der Waals surface area (Å²) < 4.78 is 32.2. The normalized spacial score (nSPS) is 17.1. The van der Waals surface area contributed by atoms with Crippen LogP contribution in [0.4, 0.5) is 19.4 Å². The Kier molecular flexibility index (Phi) is 7.88. The number of likely N-dealkylation sites (tertiary alicyclic amines) is 1. The SMILES string of the molecule is Cc1c(-c2cnn(C)c2)nn(-c2ccccc2)c1NC(=O)NC1CN(Cc2csc(Br)n2)CC1c1ccc(F)c(F)c1. The second-order valence-corrected chi connectivity index (χ2v) is 12.4. The van der Waals surface area contributed by atoms with Gasteiger partial charge in [-0.2, -0.15) is 10.2 Å². The second-order valence-electron chi connectivity index (χ2n) is 10.2. The van der Waals surface area contributed by atoms with Crippen molar-refractivity contribution in [3.05, 3.63) is 98.7 Å². The number of carbonyl (C=O) groups excluding carboxylic acids is 1. The maximum atomic E-state index is 14.2. The number of hydrogen-bond acceptors (Lipinski definition) is 6. The fourth-order valence-electron chi connectivity index (χ4n) is 5.35. The molecular formula is C29H27BrF2N8OS. The number of aromatic nitrogens is 5. The molecule has 2 atom stereocenters. The van der Waals surface area contributed by atoms with E-state index >= 15 is 0 Å². The van der Waals surface area contributed by atoms with Crippen LogP contribution in [0.15, 0.2) is 70.2 Å². The van der Waals surface area contributed by atoms with E-state index < -0.39 is 17.7 Å². The van der Waals surface area contributed by atoms with E-state index in [2.05, 4.69) is 41.5 Å². The molecule has 2 unspecified atom stereocenters. The van der Waals surface area contributed by atoms with E-state index in [9.17, 15) is 13.6 Å². The molecule has 13 heteroatoms. The summed E-state index contributed by atoms with van der Waals surface area (Å²) in [5, 5.41) is 17.2. The quantitative estimate of drug-likeness (QED) is 0.230. The minimum absolute atomic E-state index is 0.265. The molecule has 5 aromatic rings. The Bertz CT molecular complexity index is 1740. The number of hydrogen-bond donors (Lipinski definition) is 2. The van der Waals surface area contributed by atoms with Gasteiger partial charge in [0.1, 0.15) is 11.5 Å². The first-order valence-electron chi connectivity index (χ1n) is 13.2. The van der Waals surface area contributed by atoms with Crippen LogP contribution < -0.4 is 10.6 Å². The number of rotatable bonds is 7. The average molecular weight is 654 g/mol. The number of thiazole rings is 1. The van der Waals surface area contributed by atoms with Crippen LogP contribution in [0.25, 0.3) is 16.9 Å². The molecule has 2 N–H and O–H groups in total. The van der Waals surface area contributed by atoms with Crippen LogP contribution in [0.5, 0.6) is 0 Å². The molecule has 0 spiro atoms. The Balaban J connectivity index is 1.28. The molecule has 1 aliphatic heterocycles. The van der Waals surface area contributed by atoms with Crippen molar-refractivity contribution >= 4 is 39.1 Å². The van der Waals surface area contributed by atoms with Crippen molar-refractivity contribution in [3.63, 3.8) is 0 Å². The topological polar surface area (TPSA) is 92.9 Å². The third kappa shape index (κ3) is 5.85. The van der Waals surface area contributed by atoms with Crippen LogP contribution in [-0.4, -0.2) is 54.6 Å². The van der Waals surface area contributed by atoms with Crippen LogP contribution in [0.2, 0.25) is 0 Å². The number of carbonyl (C=O) groups is 1. The molecule has 216 valence electrons.